The number of rotatable bonds is 9. The van der Waals surface area contributed by atoms with Gasteiger partial charge < -0.3 is 14.2 Å². The smallest absolute Gasteiger partial charge is 0.387 e. The van der Waals surface area contributed by atoms with E-state index in [9.17, 15) is 26.4 Å². The van der Waals surface area contributed by atoms with Crippen LogP contribution in [-0.2, 0) is 19.6 Å². The zero-order valence-corrected chi connectivity index (χ0v) is 23.0. The summed E-state index contributed by atoms with van der Waals surface area (Å²) in [5.74, 6) is -1.08. The maximum Gasteiger partial charge on any atom is 0.387 e. The van der Waals surface area contributed by atoms with E-state index in [4.69, 9.17) is 16.3 Å². The van der Waals surface area contributed by atoms with Crippen LogP contribution in [0.3, 0.4) is 0 Å². The van der Waals surface area contributed by atoms with Crippen LogP contribution in [0.4, 0.5) is 18.9 Å². The number of nitrogens with zero attached hydrogens (tertiary/aromatic N) is 1. The molecule has 0 aromatic heterocycles. The number of benzene rings is 3. The second-order valence-electron chi connectivity index (χ2n) is 8.90. The lowest BCUT2D eigenvalue weighted by Gasteiger charge is -2.35. The van der Waals surface area contributed by atoms with E-state index in [0.29, 0.717) is 11.1 Å². The first-order valence-corrected chi connectivity index (χ1v) is 13.9. The number of carbonyl (C=O) groups excluding carboxylic acids is 1. The molecule has 1 heterocycles. The molecule has 0 radical (unpaired) electrons. The van der Waals surface area contributed by atoms with Crippen LogP contribution in [0.25, 0.3) is 11.6 Å². The predicted octanol–water partition coefficient (Wildman–Crippen LogP) is 6.55. The van der Waals surface area contributed by atoms with Crippen molar-refractivity contribution in [3.05, 3.63) is 82.6 Å². The second-order valence-corrected chi connectivity index (χ2v) is 11.2. The van der Waals surface area contributed by atoms with Gasteiger partial charge >= 0.3 is 12.6 Å². The number of esters is 1. The minimum atomic E-state index is -4.31. The van der Waals surface area contributed by atoms with Gasteiger partial charge in [0.25, 0.3) is 10.0 Å². The lowest BCUT2D eigenvalue weighted by Crippen LogP contribution is -2.43. The Morgan fingerprint density at radius 3 is 2.62 bits per heavy atom. The van der Waals surface area contributed by atoms with Crippen molar-refractivity contribution in [3.8, 4) is 11.5 Å². The van der Waals surface area contributed by atoms with Crippen molar-refractivity contribution in [2.75, 3.05) is 18.0 Å². The minimum absolute atomic E-state index is 0.00842. The second kappa shape index (κ2) is 12.2. The third-order valence-electron chi connectivity index (χ3n) is 6.17. The molecule has 0 bridgehead atoms. The zero-order chi connectivity index (χ0) is 29.0. The summed E-state index contributed by atoms with van der Waals surface area (Å²) in [6, 6.07) is 13.9. The van der Waals surface area contributed by atoms with Gasteiger partial charge in [-0.05, 0) is 60.9 Å². The number of hydrogen-bond donors (Lipinski definition) is 0. The van der Waals surface area contributed by atoms with Crippen molar-refractivity contribution < 1.29 is 40.6 Å². The lowest BCUT2D eigenvalue weighted by atomic mass is 10.0. The molecule has 0 saturated carbocycles. The molecule has 212 valence electrons. The molecule has 0 aliphatic carbocycles. The minimum Gasteiger partial charge on any atom is -0.486 e. The van der Waals surface area contributed by atoms with E-state index in [1.165, 1.54) is 37.4 Å². The van der Waals surface area contributed by atoms with Crippen LogP contribution < -0.4 is 13.8 Å². The van der Waals surface area contributed by atoms with E-state index in [1.807, 2.05) is 0 Å². The monoisotopic (exact) mass is 595 g/mol. The largest absolute Gasteiger partial charge is 0.486 e. The number of alkyl halides is 2. The van der Waals surface area contributed by atoms with E-state index < -0.39 is 34.5 Å². The molecule has 1 aliphatic rings. The molecule has 4 rings (SSSR count). The summed E-state index contributed by atoms with van der Waals surface area (Å²) < 4.78 is 83.8. The molecular weight excluding hydrogens is 571 g/mol. The van der Waals surface area contributed by atoms with Gasteiger partial charge in [-0.1, -0.05) is 35.9 Å². The molecule has 0 fully saturated rings. The molecule has 0 saturated heterocycles. The van der Waals surface area contributed by atoms with Crippen molar-refractivity contribution in [3.63, 3.8) is 0 Å². The van der Waals surface area contributed by atoms with Crippen LogP contribution in [0.2, 0.25) is 5.02 Å². The number of fused-ring (bicyclic) bond motifs is 1. The number of allylic oxidation sites excluding steroid dienone is 1. The Morgan fingerprint density at radius 2 is 1.93 bits per heavy atom. The fraction of sp³-hybridized carbons (Fsp3) is 0.250. The standard InChI is InChI=1S/C28H25ClF3NO6S/c1-17(27-22(29)7-4-8-23(27)30)13-18-9-11-25-24(14-18)33(16-20(38-25)10-12-26(34)37-2)40(35,36)21-6-3-5-19(15-21)39-28(31)32/h3-9,11,13-15,20,28H,10,12,16H2,1-2H3. The maximum absolute atomic E-state index is 14.5. The van der Waals surface area contributed by atoms with Gasteiger partial charge in [-0.3, -0.25) is 9.10 Å². The highest BCUT2D eigenvalue weighted by Gasteiger charge is 2.35. The van der Waals surface area contributed by atoms with Crippen molar-refractivity contribution in [2.45, 2.75) is 37.4 Å². The van der Waals surface area contributed by atoms with Gasteiger partial charge in [0.15, 0.2) is 0 Å². The molecule has 1 atom stereocenters. The molecule has 3 aromatic carbocycles. The topological polar surface area (TPSA) is 82.1 Å². The molecule has 12 heteroatoms. The summed E-state index contributed by atoms with van der Waals surface area (Å²) in [5, 5.41) is 0.221. The Morgan fingerprint density at radius 1 is 1.18 bits per heavy atom. The maximum atomic E-state index is 14.5. The first-order valence-electron chi connectivity index (χ1n) is 12.1. The number of anilines is 1. The average molecular weight is 596 g/mol. The molecule has 7 nitrogen and oxygen atoms in total. The highest BCUT2D eigenvalue weighted by Crippen LogP contribution is 2.40. The number of sulfonamides is 1. The van der Waals surface area contributed by atoms with Gasteiger partial charge in [0.05, 0.1) is 29.3 Å². The van der Waals surface area contributed by atoms with Crippen LogP contribution in [0.5, 0.6) is 11.5 Å². The Bertz CT molecular complexity index is 1530. The molecule has 0 amide bonds. The van der Waals surface area contributed by atoms with E-state index in [2.05, 4.69) is 9.47 Å². The van der Waals surface area contributed by atoms with Crippen molar-refractivity contribution in [2.24, 2.45) is 0 Å². The summed E-state index contributed by atoms with van der Waals surface area (Å²) in [7, 11) is -3.06. The molecular formula is C28H25ClF3NO6S. The Balaban J connectivity index is 1.76. The first-order chi connectivity index (χ1) is 19.0. The average Bonchev–Trinajstić information content (AvgIpc) is 2.91. The van der Waals surface area contributed by atoms with E-state index in [0.717, 1.165) is 10.4 Å². The number of ether oxygens (including phenoxy) is 3. The Labute approximate surface area is 234 Å². The van der Waals surface area contributed by atoms with Crippen molar-refractivity contribution in [1.82, 2.24) is 0 Å². The quantitative estimate of drug-likeness (QED) is 0.206. The fourth-order valence-electron chi connectivity index (χ4n) is 4.31. The summed E-state index contributed by atoms with van der Waals surface area (Å²) >= 11 is 6.20. The predicted molar refractivity (Wildman–Crippen MR) is 145 cm³/mol. The zero-order valence-electron chi connectivity index (χ0n) is 21.4. The molecule has 0 spiro atoms. The SMILES string of the molecule is COC(=O)CCC1CN(S(=O)(=O)c2cccc(OC(F)F)c2)c2cc(C=C(C)c3c(F)cccc3Cl)ccc2O1. The van der Waals surface area contributed by atoms with Gasteiger partial charge in [0.2, 0.25) is 0 Å². The third kappa shape index (κ3) is 6.53. The summed E-state index contributed by atoms with van der Waals surface area (Å²) in [6.45, 7) is -1.63. The van der Waals surface area contributed by atoms with Gasteiger partial charge in [0, 0.05) is 18.1 Å². The van der Waals surface area contributed by atoms with Crippen LogP contribution in [0.1, 0.15) is 30.9 Å². The highest BCUT2D eigenvalue weighted by atomic mass is 35.5. The van der Waals surface area contributed by atoms with Gasteiger partial charge in [0.1, 0.15) is 23.4 Å². The fourth-order valence-corrected chi connectivity index (χ4v) is 6.16. The number of halogens is 4. The third-order valence-corrected chi connectivity index (χ3v) is 8.26. The van der Waals surface area contributed by atoms with E-state index in [-0.39, 0.29) is 52.1 Å². The van der Waals surface area contributed by atoms with E-state index in [1.54, 1.807) is 37.3 Å². The first kappa shape index (κ1) is 29.3. The molecule has 1 unspecified atom stereocenters. The number of methoxy groups -OCH3 is 1. The van der Waals surface area contributed by atoms with Gasteiger partial charge in [-0.15, -0.1) is 0 Å². The summed E-state index contributed by atoms with van der Waals surface area (Å²) in [4.78, 5) is 11.4. The van der Waals surface area contributed by atoms with Crippen LogP contribution >= 0.6 is 11.6 Å². The number of carbonyl (C=O) groups is 1. The molecule has 40 heavy (non-hydrogen) atoms. The Kier molecular flexibility index (Phi) is 8.95. The van der Waals surface area contributed by atoms with Gasteiger partial charge in [-0.2, -0.15) is 8.78 Å². The normalized spacial score (nSPS) is 15.4. The highest BCUT2D eigenvalue weighted by molar-refractivity contribution is 7.92. The summed E-state index contributed by atoms with van der Waals surface area (Å²) in [6.07, 6.45) is 1.10. The lowest BCUT2D eigenvalue weighted by molar-refractivity contribution is -0.141. The van der Waals surface area contributed by atoms with Gasteiger partial charge in [-0.25, -0.2) is 12.8 Å². The van der Waals surface area contributed by atoms with Crippen LogP contribution in [0, 0.1) is 5.82 Å². The summed E-state index contributed by atoms with van der Waals surface area (Å²) in [5.41, 5.74) is 1.42. The molecule has 3 aromatic rings. The van der Waals surface area contributed by atoms with E-state index >= 15 is 0 Å². The van der Waals surface area contributed by atoms with Crippen LogP contribution in [-0.4, -0.2) is 40.8 Å². The van der Waals surface area contributed by atoms with Crippen molar-refractivity contribution >= 4 is 44.9 Å². The van der Waals surface area contributed by atoms with Crippen molar-refractivity contribution in [1.29, 1.82) is 0 Å². The molecule has 0 N–H and O–H groups in total. The number of hydrogen-bond acceptors (Lipinski definition) is 6. The van der Waals surface area contributed by atoms with Crippen LogP contribution in [0.15, 0.2) is 65.6 Å². The Hall–Kier alpha value is -3.70. The molecule has 1 aliphatic heterocycles.